The van der Waals surface area contributed by atoms with Gasteiger partial charge in [0.2, 0.25) is 0 Å². The summed E-state index contributed by atoms with van der Waals surface area (Å²) in [5, 5.41) is 1.82. The summed E-state index contributed by atoms with van der Waals surface area (Å²) in [6.07, 6.45) is 3.51. The minimum Gasteiger partial charge on any atom is -0.398 e. The highest BCUT2D eigenvalue weighted by Gasteiger charge is 2.11. The third-order valence-electron chi connectivity index (χ3n) is 3.04. The molecule has 2 heterocycles. The van der Waals surface area contributed by atoms with Crippen LogP contribution in [0.2, 0.25) is 5.02 Å². The van der Waals surface area contributed by atoms with Crippen LogP contribution in [0.5, 0.6) is 0 Å². The molecule has 21 heavy (non-hydrogen) atoms. The first-order valence-electron chi connectivity index (χ1n) is 6.08. The summed E-state index contributed by atoms with van der Waals surface area (Å²) in [6.45, 7) is 0. The Morgan fingerprint density at radius 3 is 2.67 bits per heavy atom. The minimum absolute atomic E-state index is 0.243. The van der Waals surface area contributed by atoms with Crippen molar-refractivity contribution in [2.24, 2.45) is 0 Å². The van der Waals surface area contributed by atoms with Crippen LogP contribution in [0.1, 0.15) is 0 Å². The van der Waals surface area contributed by atoms with Gasteiger partial charge in [-0.25, -0.2) is 9.97 Å². The molecule has 3 rings (SSSR count). The van der Waals surface area contributed by atoms with Crippen molar-refractivity contribution in [3.05, 3.63) is 51.9 Å². The van der Waals surface area contributed by atoms with E-state index in [-0.39, 0.29) is 5.56 Å². The molecule has 0 aliphatic rings. The van der Waals surface area contributed by atoms with Gasteiger partial charge in [-0.1, -0.05) is 23.4 Å². The van der Waals surface area contributed by atoms with Gasteiger partial charge in [0.25, 0.3) is 5.56 Å². The first kappa shape index (κ1) is 13.9. The van der Waals surface area contributed by atoms with Crippen LogP contribution in [-0.2, 0) is 0 Å². The van der Waals surface area contributed by atoms with Gasteiger partial charge in [-0.05, 0) is 30.5 Å². The van der Waals surface area contributed by atoms with Crippen molar-refractivity contribution < 1.29 is 0 Å². The van der Waals surface area contributed by atoms with E-state index in [2.05, 4.69) is 9.97 Å². The van der Waals surface area contributed by atoms with E-state index < -0.39 is 0 Å². The Bertz CT molecular complexity index is 877. The molecule has 0 aliphatic carbocycles. The van der Waals surface area contributed by atoms with E-state index in [4.69, 9.17) is 17.3 Å². The molecule has 0 amide bonds. The van der Waals surface area contributed by atoms with Crippen LogP contribution in [0.15, 0.2) is 46.5 Å². The molecule has 0 spiro atoms. The van der Waals surface area contributed by atoms with E-state index >= 15 is 0 Å². The maximum Gasteiger partial charge on any atom is 0.258 e. The van der Waals surface area contributed by atoms with Crippen LogP contribution < -0.4 is 11.3 Å². The van der Waals surface area contributed by atoms with E-state index in [0.717, 1.165) is 0 Å². The SMILES string of the molecule is CSc1ncc2c(N)cc(=O)n(-c3ccc(Cl)cc3)c2n1. The number of aromatic nitrogens is 3. The number of nitrogens with two attached hydrogens (primary N) is 1. The number of rotatable bonds is 2. The molecule has 5 nitrogen and oxygen atoms in total. The standard InChI is InChI=1S/C14H11ClN4OS/c1-21-14-17-7-10-11(16)6-12(20)19(13(10)18-14)9-4-2-8(15)3-5-9/h2-7H,16H2,1H3. The first-order chi connectivity index (χ1) is 10.1. The second-order valence-corrected chi connectivity index (χ2v) is 5.55. The molecule has 0 saturated heterocycles. The fraction of sp³-hybridized carbons (Fsp3) is 0.0714. The van der Waals surface area contributed by atoms with Gasteiger partial charge in [0.1, 0.15) is 0 Å². The van der Waals surface area contributed by atoms with Crippen molar-refractivity contribution in [2.45, 2.75) is 5.16 Å². The summed E-state index contributed by atoms with van der Waals surface area (Å²) in [5.74, 6) is 0. The quantitative estimate of drug-likeness (QED) is 0.581. The zero-order chi connectivity index (χ0) is 15.0. The van der Waals surface area contributed by atoms with Crippen molar-refractivity contribution in [1.82, 2.24) is 14.5 Å². The summed E-state index contributed by atoms with van der Waals surface area (Å²) in [7, 11) is 0. The monoisotopic (exact) mass is 318 g/mol. The Labute approximate surface area is 129 Å². The first-order valence-corrected chi connectivity index (χ1v) is 7.68. The largest absolute Gasteiger partial charge is 0.398 e. The number of anilines is 1. The van der Waals surface area contributed by atoms with Gasteiger partial charge in [-0.2, -0.15) is 0 Å². The van der Waals surface area contributed by atoms with Crippen molar-refractivity contribution in [3.8, 4) is 5.69 Å². The van der Waals surface area contributed by atoms with Crippen LogP contribution >= 0.6 is 23.4 Å². The molecule has 2 N–H and O–H groups in total. The average Bonchev–Trinajstić information content (AvgIpc) is 2.48. The number of hydrogen-bond acceptors (Lipinski definition) is 5. The summed E-state index contributed by atoms with van der Waals surface area (Å²) < 4.78 is 1.50. The van der Waals surface area contributed by atoms with Gasteiger partial charge in [0.15, 0.2) is 10.8 Å². The number of nitrogen functional groups attached to an aromatic ring is 1. The number of halogens is 1. The maximum atomic E-state index is 12.3. The lowest BCUT2D eigenvalue weighted by Crippen LogP contribution is -2.20. The zero-order valence-electron chi connectivity index (χ0n) is 11.1. The molecule has 0 saturated carbocycles. The molecule has 0 bridgehead atoms. The molecule has 2 aromatic heterocycles. The third-order valence-corrected chi connectivity index (χ3v) is 3.85. The van der Waals surface area contributed by atoms with Gasteiger partial charge in [-0.3, -0.25) is 9.36 Å². The molecule has 3 aromatic rings. The van der Waals surface area contributed by atoms with Gasteiger partial charge in [0, 0.05) is 23.0 Å². The molecule has 0 fully saturated rings. The Balaban J connectivity index is 2.40. The molecule has 0 atom stereocenters. The fourth-order valence-corrected chi connectivity index (χ4v) is 2.51. The Morgan fingerprint density at radius 2 is 2.00 bits per heavy atom. The average molecular weight is 319 g/mol. The van der Waals surface area contributed by atoms with E-state index in [9.17, 15) is 4.79 Å². The number of thioether (sulfide) groups is 1. The number of benzene rings is 1. The number of nitrogens with zero attached hydrogens (tertiary/aromatic N) is 3. The number of fused-ring (bicyclic) bond motifs is 1. The van der Waals surface area contributed by atoms with E-state index in [1.54, 1.807) is 30.5 Å². The molecule has 0 unspecified atom stereocenters. The predicted molar refractivity (Wildman–Crippen MR) is 86.3 cm³/mol. The lowest BCUT2D eigenvalue weighted by molar-refractivity contribution is 0.939. The summed E-state index contributed by atoms with van der Waals surface area (Å²) in [4.78, 5) is 20.9. The predicted octanol–water partition coefficient (Wildman–Crippen LogP) is 2.74. The van der Waals surface area contributed by atoms with Crippen LogP contribution in [0.3, 0.4) is 0 Å². The van der Waals surface area contributed by atoms with Crippen LogP contribution in [-0.4, -0.2) is 20.8 Å². The minimum atomic E-state index is -0.243. The highest BCUT2D eigenvalue weighted by Crippen LogP contribution is 2.22. The second kappa shape index (κ2) is 5.38. The van der Waals surface area contributed by atoms with Gasteiger partial charge in [-0.15, -0.1) is 0 Å². The maximum absolute atomic E-state index is 12.3. The van der Waals surface area contributed by atoms with Crippen LogP contribution in [0, 0.1) is 0 Å². The summed E-state index contributed by atoms with van der Waals surface area (Å²) in [6, 6.07) is 8.35. The zero-order valence-corrected chi connectivity index (χ0v) is 12.6. The van der Waals surface area contributed by atoms with Gasteiger partial charge in [0.05, 0.1) is 11.1 Å². The lowest BCUT2D eigenvalue weighted by Gasteiger charge is -2.11. The van der Waals surface area contributed by atoms with E-state index in [1.807, 2.05) is 6.26 Å². The molecule has 0 aliphatic heterocycles. The molecule has 0 radical (unpaired) electrons. The highest BCUT2D eigenvalue weighted by molar-refractivity contribution is 7.98. The highest BCUT2D eigenvalue weighted by atomic mass is 35.5. The lowest BCUT2D eigenvalue weighted by atomic mass is 10.2. The summed E-state index contributed by atoms with van der Waals surface area (Å²) in [5.41, 5.74) is 7.19. The van der Waals surface area contributed by atoms with E-state index in [0.29, 0.717) is 32.6 Å². The normalized spacial score (nSPS) is 11.0. The van der Waals surface area contributed by atoms with E-state index in [1.165, 1.54) is 22.4 Å². The second-order valence-electron chi connectivity index (χ2n) is 4.34. The molecule has 1 aromatic carbocycles. The number of pyridine rings is 1. The van der Waals surface area contributed by atoms with Crippen molar-refractivity contribution in [1.29, 1.82) is 0 Å². The van der Waals surface area contributed by atoms with Gasteiger partial charge >= 0.3 is 0 Å². The summed E-state index contributed by atoms with van der Waals surface area (Å²) >= 11 is 7.30. The Morgan fingerprint density at radius 1 is 1.29 bits per heavy atom. The van der Waals surface area contributed by atoms with Crippen LogP contribution in [0.25, 0.3) is 16.7 Å². The van der Waals surface area contributed by atoms with Crippen molar-refractivity contribution in [2.75, 3.05) is 12.0 Å². The van der Waals surface area contributed by atoms with Crippen LogP contribution in [0.4, 0.5) is 5.69 Å². The number of hydrogen-bond donors (Lipinski definition) is 1. The molecule has 106 valence electrons. The molecule has 7 heteroatoms. The smallest absolute Gasteiger partial charge is 0.258 e. The molecular weight excluding hydrogens is 308 g/mol. The van der Waals surface area contributed by atoms with Crippen molar-refractivity contribution >= 4 is 40.1 Å². The Kier molecular flexibility index (Phi) is 3.57. The van der Waals surface area contributed by atoms with Crippen molar-refractivity contribution in [3.63, 3.8) is 0 Å². The molecular formula is C14H11ClN4OS. The topological polar surface area (TPSA) is 73.8 Å². The third kappa shape index (κ3) is 2.48. The van der Waals surface area contributed by atoms with Gasteiger partial charge < -0.3 is 5.73 Å². The Hall–Kier alpha value is -2.05. The fourth-order valence-electron chi connectivity index (χ4n) is 2.05.